The van der Waals surface area contributed by atoms with E-state index >= 15 is 0 Å². The zero-order valence-corrected chi connectivity index (χ0v) is 12.5. The smallest absolute Gasteiger partial charge is 0.240 e. The number of nitrogens with zero attached hydrogens (tertiary/aromatic N) is 1. The van der Waals surface area contributed by atoms with Crippen LogP contribution < -0.4 is 4.72 Å². The number of sulfonamides is 1. The topological polar surface area (TPSA) is 68.3 Å². The van der Waals surface area contributed by atoms with E-state index in [1.807, 2.05) is 13.8 Å². The van der Waals surface area contributed by atoms with Crippen LogP contribution in [0.5, 0.6) is 0 Å². The fourth-order valence-electron chi connectivity index (χ4n) is 2.17. The minimum Gasteiger partial charge on any atom is -0.375 e. The molecule has 1 aromatic heterocycles. The summed E-state index contributed by atoms with van der Waals surface area (Å²) in [5, 5.41) is 0.162. The number of hydrogen-bond acceptors (Lipinski definition) is 4. The lowest BCUT2D eigenvalue weighted by Gasteiger charge is -2.35. The van der Waals surface area contributed by atoms with Gasteiger partial charge < -0.3 is 4.74 Å². The summed E-state index contributed by atoms with van der Waals surface area (Å²) >= 11 is 5.72. The summed E-state index contributed by atoms with van der Waals surface area (Å²) in [4.78, 5) is 3.91. The van der Waals surface area contributed by atoms with Crippen LogP contribution in [0.1, 0.15) is 26.7 Å². The van der Waals surface area contributed by atoms with Crippen LogP contribution in [0, 0.1) is 0 Å². The third kappa shape index (κ3) is 3.89. The molecule has 2 rings (SSSR count). The van der Waals surface area contributed by atoms with Gasteiger partial charge in [0.2, 0.25) is 10.0 Å². The predicted octanol–water partition coefficient (Wildman–Crippen LogP) is 1.97. The van der Waals surface area contributed by atoms with E-state index in [9.17, 15) is 8.42 Å². The molecule has 0 amide bonds. The van der Waals surface area contributed by atoms with Crippen LogP contribution in [-0.2, 0) is 14.8 Å². The van der Waals surface area contributed by atoms with Gasteiger partial charge in [-0.2, -0.15) is 0 Å². The summed E-state index contributed by atoms with van der Waals surface area (Å²) in [6, 6.07) is 2.65. The van der Waals surface area contributed by atoms with Crippen LogP contribution in [-0.4, -0.2) is 31.7 Å². The first-order chi connectivity index (χ1) is 8.78. The number of nitrogens with one attached hydrogen (secondary N) is 1. The van der Waals surface area contributed by atoms with E-state index in [1.54, 1.807) is 0 Å². The molecule has 1 unspecified atom stereocenters. The van der Waals surface area contributed by atoms with Crippen molar-refractivity contribution < 1.29 is 13.2 Å². The molecule has 1 saturated heterocycles. The summed E-state index contributed by atoms with van der Waals surface area (Å²) < 4.78 is 32.7. The van der Waals surface area contributed by atoms with Gasteiger partial charge in [0.25, 0.3) is 0 Å². The Morgan fingerprint density at radius 1 is 1.53 bits per heavy atom. The van der Waals surface area contributed by atoms with Crippen LogP contribution in [0.4, 0.5) is 0 Å². The van der Waals surface area contributed by atoms with E-state index in [1.165, 1.54) is 18.3 Å². The maximum Gasteiger partial charge on any atom is 0.240 e. The Morgan fingerprint density at radius 3 is 2.89 bits per heavy atom. The Labute approximate surface area is 118 Å². The lowest BCUT2D eigenvalue weighted by molar-refractivity contribution is -0.0599. The summed E-state index contributed by atoms with van der Waals surface area (Å²) in [7, 11) is -3.56. The highest BCUT2D eigenvalue weighted by Gasteiger charge is 2.31. The number of halogens is 1. The molecule has 0 saturated carbocycles. The number of pyridine rings is 1. The van der Waals surface area contributed by atoms with Gasteiger partial charge in [0.05, 0.1) is 10.5 Å². The fourth-order valence-corrected chi connectivity index (χ4v) is 3.69. The van der Waals surface area contributed by atoms with Gasteiger partial charge in [-0.3, -0.25) is 0 Å². The van der Waals surface area contributed by atoms with E-state index in [2.05, 4.69) is 9.71 Å². The minimum atomic E-state index is -3.56. The Morgan fingerprint density at radius 2 is 2.26 bits per heavy atom. The average Bonchev–Trinajstić information content (AvgIpc) is 2.27. The highest BCUT2D eigenvalue weighted by Crippen LogP contribution is 2.25. The molecule has 0 radical (unpaired) electrons. The van der Waals surface area contributed by atoms with Crippen molar-refractivity contribution in [3.8, 4) is 0 Å². The molecular weight excluding hydrogens is 288 g/mol. The van der Waals surface area contributed by atoms with Crippen LogP contribution in [0.2, 0.25) is 5.15 Å². The normalized spacial score (nSPS) is 23.2. The molecule has 106 valence electrons. The van der Waals surface area contributed by atoms with Gasteiger partial charge in [-0.05, 0) is 38.8 Å². The van der Waals surface area contributed by atoms with Crippen molar-refractivity contribution in [3.05, 3.63) is 23.5 Å². The van der Waals surface area contributed by atoms with Gasteiger partial charge in [0.15, 0.2) is 0 Å². The fraction of sp³-hybridized carbons (Fsp3) is 0.583. The molecule has 0 aliphatic carbocycles. The quantitative estimate of drug-likeness (QED) is 0.867. The van der Waals surface area contributed by atoms with Crippen LogP contribution in [0.3, 0.4) is 0 Å². The molecule has 19 heavy (non-hydrogen) atoms. The Hall–Kier alpha value is -0.690. The molecule has 0 spiro atoms. The van der Waals surface area contributed by atoms with Gasteiger partial charge in [0, 0.05) is 18.8 Å². The molecule has 2 heterocycles. The summed E-state index contributed by atoms with van der Waals surface area (Å²) in [5.41, 5.74) is -0.304. The van der Waals surface area contributed by atoms with Crippen molar-refractivity contribution in [1.29, 1.82) is 0 Å². The lowest BCUT2D eigenvalue weighted by Crippen LogP contribution is -2.45. The van der Waals surface area contributed by atoms with Gasteiger partial charge in [0.1, 0.15) is 5.15 Å². The molecule has 1 aliphatic rings. The van der Waals surface area contributed by atoms with Crippen molar-refractivity contribution >= 4 is 21.6 Å². The molecule has 1 N–H and O–H groups in total. The van der Waals surface area contributed by atoms with E-state index in [4.69, 9.17) is 16.3 Å². The monoisotopic (exact) mass is 304 g/mol. The maximum atomic E-state index is 12.2. The van der Waals surface area contributed by atoms with Crippen LogP contribution in [0.15, 0.2) is 23.2 Å². The Balaban J connectivity index is 2.13. The SMILES string of the molecule is CC1(C)CC(NS(=O)(=O)c2ccnc(Cl)c2)CCO1. The van der Waals surface area contributed by atoms with Crippen molar-refractivity contribution in [2.75, 3.05) is 6.61 Å². The molecule has 5 nitrogen and oxygen atoms in total. The van der Waals surface area contributed by atoms with Gasteiger partial charge in [-0.25, -0.2) is 18.1 Å². The zero-order chi connectivity index (χ0) is 14.1. The molecule has 1 aromatic rings. The zero-order valence-electron chi connectivity index (χ0n) is 10.9. The van der Waals surface area contributed by atoms with Crippen LogP contribution in [0.25, 0.3) is 0 Å². The van der Waals surface area contributed by atoms with E-state index < -0.39 is 10.0 Å². The highest BCUT2D eigenvalue weighted by atomic mass is 35.5. The lowest BCUT2D eigenvalue weighted by atomic mass is 9.95. The minimum absolute atomic E-state index is 0.124. The summed E-state index contributed by atoms with van der Waals surface area (Å²) in [5.74, 6) is 0. The van der Waals surface area contributed by atoms with E-state index in [0.29, 0.717) is 19.4 Å². The number of rotatable bonds is 3. The number of hydrogen-bond donors (Lipinski definition) is 1. The number of aromatic nitrogens is 1. The standard InChI is InChI=1S/C12H17ClN2O3S/c1-12(2)8-9(4-6-18-12)15-19(16,17)10-3-5-14-11(13)7-10/h3,5,7,9,15H,4,6,8H2,1-2H3. The van der Waals surface area contributed by atoms with Crippen molar-refractivity contribution in [3.63, 3.8) is 0 Å². The maximum absolute atomic E-state index is 12.2. The van der Waals surface area contributed by atoms with Crippen molar-refractivity contribution in [2.45, 2.75) is 43.2 Å². The van der Waals surface area contributed by atoms with E-state index in [-0.39, 0.29) is 21.7 Å². The molecule has 1 atom stereocenters. The van der Waals surface area contributed by atoms with Gasteiger partial charge in [-0.1, -0.05) is 11.6 Å². The first kappa shape index (κ1) is 14.7. The molecule has 1 aliphatic heterocycles. The predicted molar refractivity (Wildman–Crippen MR) is 72.6 cm³/mol. The van der Waals surface area contributed by atoms with Crippen molar-refractivity contribution in [2.24, 2.45) is 0 Å². The Kier molecular flexibility index (Phi) is 4.15. The largest absolute Gasteiger partial charge is 0.375 e. The van der Waals surface area contributed by atoms with Crippen LogP contribution >= 0.6 is 11.6 Å². The molecule has 0 aromatic carbocycles. The van der Waals surface area contributed by atoms with Gasteiger partial charge in [-0.15, -0.1) is 0 Å². The molecule has 7 heteroatoms. The molecule has 1 fully saturated rings. The van der Waals surface area contributed by atoms with Crippen molar-refractivity contribution in [1.82, 2.24) is 9.71 Å². The summed E-state index contributed by atoms with van der Waals surface area (Å²) in [6.45, 7) is 4.46. The van der Waals surface area contributed by atoms with E-state index in [0.717, 1.165) is 0 Å². The second-order valence-corrected chi connectivity index (χ2v) is 7.33. The molecule has 0 bridgehead atoms. The average molecular weight is 305 g/mol. The first-order valence-corrected chi connectivity index (χ1v) is 7.92. The third-order valence-corrected chi connectivity index (χ3v) is 4.75. The van der Waals surface area contributed by atoms with Gasteiger partial charge >= 0.3 is 0 Å². The Bertz CT molecular complexity index is 560. The number of ether oxygens (including phenoxy) is 1. The second-order valence-electron chi connectivity index (χ2n) is 5.23. The second kappa shape index (κ2) is 5.36. The highest BCUT2D eigenvalue weighted by molar-refractivity contribution is 7.89. The molecular formula is C12H17ClN2O3S. The summed E-state index contributed by atoms with van der Waals surface area (Å²) in [6.07, 6.45) is 2.69. The first-order valence-electron chi connectivity index (χ1n) is 6.06. The third-order valence-electron chi connectivity index (χ3n) is 3.03.